The summed E-state index contributed by atoms with van der Waals surface area (Å²) in [6, 6.07) is 9.38. The number of amides is 1. The second kappa shape index (κ2) is 7.45. The summed E-state index contributed by atoms with van der Waals surface area (Å²) in [7, 11) is 1.35. The molecular weight excluding hydrogens is 234 g/mol. The van der Waals surface area contributed by atoms with Crippen LogP contribution in [0, 0.1) is 5.92 Å². The second-order valence-electron chi connectivity index (χ2n) is 3.92. The number of carbonyl (C=O) groups excluding carboxylic acids is 2. The summed E-state index contributed by atoms with van der Waals surface area (Å²) in [6.45, 7) is 1.86. The summed E-state index contributed by atoms with van der Waals surface area (Å²) >= 11 is 0. The molecular formula is C13H17NO4. The minimum Gasteiger partial charge on any atom is -0.461 e. The molecule has 0 aliphatic carbocycles. The van der Waals surface area contributed by atoms with Crippen molar-refractivity contribution in [1.82, 2.24) is 5.48 Å². The van der Waals surface area contributed by atoms with Crippen molar-refractivity contribution in [2.24, 2.45) is 5.92 Å². The fourth-order valence-corrected chi connectivity index (χ4v) is 1.34. The van der Waals surface area contributed by atoms with Crippen LogP contribution in [0.2, 0.25) is 0 Å². The smallest absolute Gasteiger partial charge is 0.306 e. The van der Waals surface area contributed by atoms with Crippen LogP contribution in [0.5, 0.6) is 0 Å². The van der Waals surface area contributed by atoms with Gasteiger partial charge in [-0.05, 0) is 5.56 Å². The summed E-state index contributed by atoms with van der Waals surface area (Å²) < 4.78 is 5.07. The Morgan fingerprint density at radius 3 is 2.56 bits per heavy atom. The van der Waals surface area contributed by atoms with Gasteiger partial charge in [-0.2, -0.15) is 0 Å². The summed E-state index contributed by atoms with van der Waals surface area (Å²) in [5.41, 5.74) is 3.09. The Morgan fingerprint density at radius 1 is 1.28 bits per heavy atom. The van der Waals surface area contributed by atoms with Crippen molar-refractivity contribution in [2.45, 2.75) is 20.0 Å². The maximum Gasteiger partial charge on any atom is 0.306 e. The molecule has 0 fully saturated rings. The van der Waals surface area contributed by atoms with Crippen molar-refractivity contribution in [3.63, 3.8) is 0 Å². The molecule has 5 heteroatoms. The molecule has 1 N–H and O–H groups in total. The minimum atomic E-state index is -0.478. The Kier molecular flexibility index (Phi) is 5.87. The lowest BCUT2D eigenvalue weighted by Crippen LogP contribution is -2.29. The van der Waals surface area contributed by atoms with Gasteiger partial charge in [0.25, 0.3) is 0 Å². The number of rotatable bonds is 6. The van der Waals surface area contributed by atoms with Gasteiger partial charge in [0.15, 0.2) is 0 Å². The van der Waals surface area contributed by atoms with Gasteiger partial charge in [0.2, 0.25) is 5.91 Å². The molecule has 98 valence electrons. The molecule has 1 aromatic rings. The molecule has 18 heavy (non-hydrogen) atoms. The predicted octanol–water partition coefficient (Wildman–Crippen LogP) is 1.43. The predicted molar refractivity (Wildman–Crippen MR) is 65.2 cm³/mol. The number of ether oxygens (including phenoxy) is 1. The number of nitrogens with one attached hydrogen (secondary N) is 1. The van der Waals surface area contributed by atoms with Gasteiger partial charge in [-0.25, -0.2) is 5.48 Å². The number of hydrogen-bond acceptors (Lipinski definition) is 4. The van der Waals surface area contributed by atoms with Crippen LogP contribution in [-0.2, 0) is 25.8 Å². The fraction of sp³-hybridized carbons (Fsp3) is 0.385. The average molecular weight is 251 g/mol. The maximum atomic E-state index is 11.5. The van der Waals surface area contributed by atoms with Gasteiger partial charge in [-0.1, -0.05) is 37.3 Å². The molecule has 5 nitrogen and oxygen atoms in total. The van der Waals surface area contributed by atoms with Crippen molar-refractivity contribution in [3.05, 3.63) is 35.9 Å². The Hall–Kier alpha value is -1.88. The van der Waals surface area contributed by atoms with E-state index >= 15 is 0 Å². The Morgan fingerprint density at radius 2 is 1.94 bits per heavy atom. The minimum absolute atomic E-state index is 0.0298. The van der Waals surface area contributed by atoms with Crippen molar-refractivity contribution >= 4 is 11.9 Å². The molecule has 0 saturated heterocycles. The monoisotopic (exact) mass is 251 g/mol. The van der Waals surface area contributed by atoms with Crippen LogP contribution in [-0.4, -0.2) is 19.0 Å². The molecule has 0 unspecified atom stereocenters. The van der Waals surface area contributed by atoms with E-state index in [-0.39, 0.29) is 18.9 Å². The lowest BCUT2D eigenvalue weighted by atomic mass is 10.1. The topological polar surface area (TPSA) is 64.6 Å². The molecule has 0 spiro atoms. The number of hydroxylamine groups is 1. The van der Waals surface area contributed by atoms with Gasteiger partial charge >= 0.3 is 5.97 Å². The van der Waals surface area contributed by atoms with Gasteiger partial charge < -0.3 is 4.74 Å². The maximum absolute atomic E-state index is 11.5. The third kappa shape index (κ3) is 4.97. The van der Waals surface area contributed by atoms with E-state index in [1.54, 1.807) is 6.92 Å². The molecule has 1 aromatic carbocycles. The molecule has 0 aromatic heterocycles. The van der Waals surface area contributed by atoms with Crippen LogP contribution >= 0.6 is 0 Å². The van der Waals surface area contributed by atoms with E-state index in [1.807, 2.05) is 30.3 Å². The fourth-order valence-electron chi connectivity index (χ4n) is 1.34. The van der Waals surface area contributed by atoms with E-state index in [0.29, 0.717) is 0 Å². The third-order valence-corrected chi connectivity index (χ3v) is 2.37. The van der Waals surface area contributed by atoms with E-state index in [9.17, 15) is 9.59 Å². The van der Waals surface area contributed by atoms with E-state index in [0.717, 1.165) is 5.56 Å². The van der Waals surface area contributed by atoms with E-state index in [2.05, 4.69) is 10.3 Å². The van der Waals surface area contributed by atoms with Gasteiger partial charge in [0, 0.05) is 5.92 Å². The summed E-state index contributed by atoms with van der Waals surface area (Å²) in [6.07, 6.45) is 0.0298. The van der Waals surface area contributed by atoms with Crippen LogP contribution in [0.3, 0.4) is 0 Å². The van der Waals surface area contributed by atoms with Crippen molar-refractivity contribution < 1.29 is 19.2 Å². The zero-order valence-electron chi connectivity index (χ0n) is 10.5. The third-order valence-electron chi connectivity index (χ3n) is 2.37. The lowest BCUT2D eigenvalue weighted by molar-refractivity contribution is -0.149. The largest absolute Gasteiger partial charge is 0.461 e. The van der Waals surface area contributed by atoms with Crippen molar-refractivity contribution in [3.8, 4) is 0 Å². The standard InChI is InChI=1S/C13H17NO4/c1-10(13(16)14-17-2)8-12(15)18-9-11-6-4-3-5-7-11/h3-7,10H,8-9H2,1-2H3,(H,14,16)/t10-/m0/s1. The average Bonchev–Trinajstić information content (AvgIpc) is 2.38. The van der Waals surface area contributed by atoms with Crippen LogP contribution < -0.4 is 5.48 Å². The van der Waals surface area contributed by atoms with Crippen molar-refractivity contribution in [1.29, 1.82) is 0 Å². The molecule has 0 radical (unpaired) electrons. The van der Waals surface area contributed by atoms with Crippen LogP contribution in [0.15, 0.2) is 30.3 Å². The molecule has 1 rings (SSSR count). The summed E-state index contributed by atoms with van der Waals surface area (Å²) in [4.78, 5) is 27.3. The highest BCUT2D eigenvalue weighted by Crippen LogP contribution is 2.06. The second-order valence-corrected chi connectivity index (χ2v) is 3.92. The first-order chi connectivity index (χ1) is 8.63. The van der Waals surface area contributed by atoms with E-state index < -0.39 is 11.9 Å². The van der Waals surface area contributed by atoms with Crippen LogP contribution in [0.25, 0.3) is 0 Å². The van der Waals surface area contributed by atoms with Crippen LogP contribution in [0.1, 0.15) is 18.9 Å². The van der Waals surface area contributed by atoms with Gasteiger partial charge in [-0.15, -0.1) is 0 Å². The highest BCUT2D eigenvalue weighted by atomic mass is 16.6. The molecule has 0 aliphatic heterocycles. The molecule has 1 atom stereocenters. The number of carbonyl (C=O) groups is 2. The van der Waals surface area contributed by atoms with Crippen molar-refractivity contribution in [2.75, 3.05) is 7.11 Å². The van der Waals surface area contributed by atoms with Gasteiger partial charge in [0.1, 0.15) is 6.61 Å². The Labute approximate surface area is 106 Å². The first-order valence-corrected chi connectivity index (χ1v) is 5.66. The lowest BCUT2D eigenvalue weighted by Gasteiger charge is -2.10. The van der Waals surface area contributed by atoms with E-state index in [1.165, 1.54) is 7.11 Å². The normalized spacial score (nSPS) is 11.7. The molecule has 0 heterocycles. The molecule has 0 aliphatic rings. The molecule has 1 amide bonds. The zero-order valence-corrected chi connectivity index (χ0v) is 10.5. The summed E-state index contributed by atoms with van der Waals surface area (Å²) in [5.74, 6) is -1.22. The highest BCUT2D eigenvalue weighted by molar-refractivity contribution is 5.82. The molecule has 0 bridgehead atoms. The zero-order chi connectivity index (χ0) is 13.4. The van der Waals surface area contributed by atoms with Gasteiger partial charge in [0.05, 0.1) is 13.5 Å². The number of hydrogen-bond donors (Lipinski definition) is 1. The number of benzene rings is 1. The SMILES string of the molecule is CONC(=O)[C@@H](C)CC(=O)OCc1ccccc1. The van der Waals surface area contributed by atoms with Crippen LogP contribution in [0.4, 0.5) is 0 Å². The Balaban J connectivity index is 2.31. The van der Waals surface area contributed by atoms with E-state index in [4.69, 9.17) is 4.74 Å². The quantitative estimate of drug-likeness (QED) is 0.613. The highest BCUT2D eigenvalue weighted by Gasteiger charge is 2.17. The molecule has 0 saturated carbocycles. The number of esters is 1. The first kappa shape index (κ1) is 14.2. The summed E-state index contributed by atoms with van der Waals surface area (Å²) in [5, 5.41) is 0. The first-order valence-electron chi connectivity index (χ1n) is 5.66. The van der Waals surface area contributed by atoms with Gasteiger partial charge in [-0.3, -0.25) is 14.4 Å². The Bertz CT molecular complexity index is 391.